The van der Waals surface area contributed by atoms with Crippen molar-refractivity contribution in [3.8, 4) is 0 Å². The molecular weight excluding hydrogens is 370 g/mol. The van der Waals surface area contributed by atoms with E-state index in [0.29, 0.717) is 38.6 Å². The fourth-order valence-electron chi connectivity index (χ4n) is 4.94. The van der Waals surface area contributed by atoms with Crippen LogP contribution in [0.4, 0.5) is 4.79 Å². The third-order valence-corrected chi connectivity index (χ3v) is 6.66. The second kappa shape index (κ2) is 8.81. The zero-order valence-corrected chi connectivity index (χ0v) is 17.2. The number of piperidine rings is 1. The Morgan fingerprint density at radius 3 is 2.45 bits per heavy atom. The molecule has 0 unspecified atom stereocenters. The number of methoxy groups -OCH3 is 1. The maximum absolute atomic E-state index is 13.5. The highest BCUT2D eigenvalue weighted by molar-refractivity contribution is 6.07. The van der Waals surface area contributed by atoms with Crippen LogP contribution in [0.5, 0.6) is 0 Å². The SMILES string of the molecule is COCCN1C(=O)N(Cc2ccccc2)C2(CCN(C3CCOCC3)CC2)C1=O. The molecule has 158 valence electrons. The lowest BCUT2D eigenvalue weighted by Gasteiger charge is -2.45. The van der Waals surface area contributed by atoms with Crippen LogP contribution in [-0.4, -0.2) is 84.8 Å². The molecular formula is C22H31N3O4. The molecule has 0 saturated carbocycles. The Bertz CT molecular complexity index is 712. The van der Waals surface area contributed by atoms with Crippen LogP contribution in [0.25, 0.3) is 0 Å². The van der Waals surface area contributed by atoms with Crippen molar-refractivity contribution in [2.75, 3.05) is 46.6 Å². The first-order valence-corrected chi connectivity index (χ1v) is 10.6. The zero-order valence-electron chi connectivity index (χ0n) is 17.2. The van der Waals surface area contributed by atoms with Crippen molar-refractivity contribution in [3.05, 3.63) is 35.9 Å². The quantitative estimate of drug-likeness (QED) is 0.684. The summed E-state index contributed by atoms with van der Waals surface area (Å²) in [5.41, 5.74) is 0.316. The van der Waals surface area contributed by atoms with Gasteiger partial charge in [0.2, 0.25) is 0 Å². The van der Waals surface area contributed by atoms with E-state index in [2.05, 4.69) is 4.90 Å². The van der Waals surface area contributed by atoms with E-state index in [1.165, 1.54) is 4.90 Å². The van der Waals surface area contributed by atoms with E-state index in [0.717, 1.165) is 44.7 Å². The van der Waals surface area contributed by atoms with Crippen molar-refractivity contribution in [2.45, 2.75) is 43.8 Å². The van der Waals surface area contributed by atoms with Gasteiger partial charge < -0.3 is 19.3 Å². The molecule has 0 bridgehead atoms. The molecule has 3 aliphatic heterocycles. The first-order chi connectivity index (χ1) is 14.2. The first kappa shape index (κ1) is 20.3. The summed E-state index contributed by atoms with van der Waals surface area (Å²) in [5.74, 6) is -0.0536. The molecule has 0 N–H and O–H groups in total. The molecule has 0 aliphatic carbocycles. The fraction of sp³-hybridized carbons (Fsp3) is 0.636. The van der Waals surface area contributed by atoms with Gasteiger partial charge in [-0.1, -0.05) is 30.3 Å². The van der Waals surface area contributed by atoms with Gasteiger partial charge >= 0.3 is 6.03 Å². The lowest BCUT2D eigenvalue weighted by atomic mass is 9.84. The number of carbonyl (C=O) groups excluding carboxylic acids is 2. The average molecular weight is 402 g/mol. The van der Waals surface area contributed by atoms with Crippen molar-refractivity contribution in [1.82, 2.24) is 14.7 Å². The van der Waals surface area contributed by atoms with Gasteiger partial charge in [0.25, 0.3) is 5.91 Å². The van der Waals surface area contributed by atoms with Crippen LogP contribution in [0.15, 0.2) is 30.3 Å². The molecule has 0 atom stereocenters. The molecule has 3 heterocycles. The number of urea groups is 1. The zero-order chi connectivity index (χ0) is 20.3. The van der Waals surface area contributed by atoms with E-state index in [4.69, 9.17) is 9.47 Å². The molecule has 0 radical (unpaired) electrons. The normalized spacial score (nSPS) is 23.3. The largest absolute Gasteiger partial charge is 0.383 e. The van der Waals surface area contributed by atoms with Crippen molar-refractivity contribution in [1.29, 1.82) is 0 Å². The predicted octanol–water partition coefficient (Wildman–Crippen LogP) is 2.11. The highest BCUT2D eigenvalue weighted by atomic mass is 16.5. The van der Waals surface area contributed by atoms with Gasteiger partial charge in [0.1, 0.15) is 5.54 Å². The Hall–Kier alpha value is -1.96. The van der Waals surface area contributed by atoms with E-state index in [-0.39, 0.29) is 11.9 Å². The number of amides is 3. The second-order valence-corrected chi connectivity index (χ2v) is 8.22. The molecule has 3 saturated heterocycles. The predicted molar refractivity (Wildman–Crippen MR) is 108 cm³/mol. The van der Waals surface area contributed by atoms with Crippen LogP contribution in [0.2, 0.25) is 0 Å². The van der Waals surface area contributed by atoms with Crippen LogP contribution >= 0.6 is 0 Å². The van der Waals surface area contributed by atoms with Gasteiger partial charge in [-0.15, -0.1) is 0 Å². The summed E-state index contributed by atoms with van der Waals surface area (Å²) < 4.78 is 10.6. The molecule has 3 fully saturated rings. The van der Waals surface area contributed by atoms with Crippen molar-refractivity contribution < 1.29 is 19.1 Å². The lowest BCUT2D eigenvalue weighted by Crippen LogP contribution is -2.58. The van der Waals surface area contributed by atoms with E-state index in [1.807, 2.05) is 35.2 Å². The maximum Gasteiger partial charge on any atom is 0.328 e. The lowest BCUT2D eigenvalue weighted by molar-refractivity contribution is -0.136. The van der Waals surface area contributed by atoms with Gasteiger partial charge in [0.15, 0.2) is 0 Å². The monoisotopic (exact) mass is 401 g/mol. The Balaban J connectivity index is 1.54. The molecule has 1 aromatic carbocycles. The van der Waals surface area contributed by atoms with E-state index >= 15 is 0 Å². The van der Waals surface area contributed by atoms with Crippen LogP contribution in [0, 0.1) is 0 Å². The van der Waals surface area contributed by atoms with Crippen LogP contribution in [-0.2, 0) is 20.8 Å². The Kier molecular flexibility index (Phi) is 6.18. The Morgan fingerprint density at radius 1 is 1.10 bits per heavy atom. The highest BCUT2D eigenvalue weighted by Gasteiger charge is 2.57. The summed E-state index contributed by atoms with van der Waals surface area (Å²) in [6.45, 7) is 4.45. The molecule has 1 aromatic rings. The number of hydrogen-bond acceptors (Lipinski definition) is 5. The Morgan fingerprint density at radius 2 is 1.79 bits per heavy atom. The molecule has 4 rings (SSSR count). The average Bonchev–Trinajstić information content (AvgIpc) is 2.95. The van der Waals surface area contributed by atoms with Crippen LogP contribution in [0.1, 0.15) is 31.2 Å². The first-order valence-electron chi connectivity index (χ1n) is 10.6. The van der Waals surface area contributed by atoms with Gasteiger partial charge in [-0.05, 0) is 31.2 Å². The number of imide groups is 1. The molecule has 7 nitrogen and oxygen atoms in total. The molecule has 3 aliphatic rings. The summed E-state index contributed by atoms with van der Waals surface area (Å²) in [7, 11) is 1.59. The topological polar surface area (TPSA) is 62.3 Å². The smallest absolute Gasteiger partial charge is 0.328 e. The molecule has 29 heavy (non-hydrogen) atoms. The van der Waals surface area contributed by atoms with Crippen molar-refractivity contribution in [3.63, 3.8) is 0 Å². The minimum Gasteiger partial charge on any atom is -0.383 e. The van der Waals surface area contributed by atoms with Gasteiger partial charge in [0.05, 0.1) is 13.2 Å². The minimum atomic E-state index is -0.734. The summed E-state index contributed by atoms with van der Waals surface area (Å²) in [5, 5.41) is 0. The number of nitrogens with zero attached hydrogens (tertiary/aromatic N) is 3. The number of rotatable bonds is 6. The molecule has 0 aromatic heterocycles. The van der Waals surface area contributed by atoms with Gasteiger partial charge in [0, 0.05) is 46.0 Å². The summed E-state index contributed by atoms with van der Waals surface area (Å²) in [6, 6.07) is 10.3. The van der Waals surface area contributed by atoms with E-state index in [1.54, 1.807) is 7.11 Å². The number of likely N-dealkylation sites (tertiary alicyclic amines) is 1. The highest BCUT2D eigenvalue weighted by Crippen LogP contribution is 2.39. The summed E-state index contributed by atoms with van der Waals surface area (Å²) in [6.07, 6.45) is 3.47. The number of carbonyl (C=O) groups is 2. The standard InChI is InChI=1S/C22H31N3O4/c1-28-16-13-24-20(26)22(25(21(24)27)17-18-5-3-2-4-6-18)9-11-23(12-10-22)19-7-14-29-15-8-19/h2-6,19H,7-17H2,1H3. The number of hydrogen-bond donors (Lipinski definition) is 0. The van der Waals surface area contributed by atoms with Crippen molar-refractivity contribution in [2.24, 2.45) is 0 Å². The van der Waals surface area contributed by atoms with Gasteiger partial charge in [-0.2, -0.15) is 0 Å². The third kappa shape index (κ3) is 3.91. The molecule has 1 spiro atoms. The molecule has 7 heteroatoms. The van der Waals surface area contributed by atoms with Gasteiger partial charge in [-0.3, -0.25) is 9.69 Å². The van der Waals surface area contributed by atoms with E-state index < -0.39 is 5.54 Å². The fourth-order valence-corrected chi connectivity index (χ4v) is 4.94. The number of benzene rings is 1. The Labute approximate surface area is 172 Å². The van der Waals surface area contributed by atoms with Crippen LogP contribution < -0.4 is 0 Å². The van der Waals surface area contributed by atoms with Crippen LogP contribution in [0.3, 0.4) is 0 Å². The van der Waals surface area contributed by atoms with Gasteiger partial charge in [-0.25, -0.2) is 4.79 Å². The van der Waals surface area contributed by atoms with Crippen molar-refractivity contribution >= 4 is 11.9 Å². The summed E-state index contributed by atoms with van der Waals surface area (Å²) >= 11 is 0. The number of ether oxygens (including phenoxy) is 2. The maximum atomic E-state index is 13.5. The minimum absolute atomic E-state index is 0.0536. The molecule has 3 amide bonds. The van der Waals surface area contributed by atoms with E-state index in [9.17, 15) is 9.59 Å². The third-order valence-electron chi connectivity index (χ3n) is 6.66. The second-order valence-electron chi connectivity index (χ2n) is 8.22. The summed E-state index contributed by atoms with van der Waals surface area (Å²) in [4.78, 5) is 32.4.